The maximum atomic E-state index is 11.8. The van der Waals surface area contributed by atoms with Crippen molar-refractivity contribution in [2.75, 3.05) is 11.9 Å². The third-order valence-electron chi connectivity index (χ3n) is 2.46. The van der Waals surface area contributed by atoms with Crippen LogP contribution in [0.5, 0.6) is 11.5 Å². The van der Waals surface area contributed by atoms with Gasteiger partial charge in [0.05, 0.1) is 0 Å². The number of rotatable bonds is 2. The molecule has 0 bridgehead atoms. The summed E-state index contributed by atoms with van der Waals surface area (Å²) < 4.78 is 5.16. The number of phenolic OH excluding ortho intramolecular Hbond substituents is 1. The quantitative estimate of drug-likeness (QED) is 0.882. The predicted octanol–water partition coefficient (Wildman–Crippen LogP) is 3.03. The highest BCUT2D eigenvalue weighted by Crippen LogP contribution is 2.18. The summed E-state index contributed by atoms with van der Waals surface area (Å²) in [4.78, 5) is 13.2. The van der Waals surface area contributed by atoms with E-state index in [2.05, 4.69) is 0 Å². The molecular weight excluding hydrogens is 230 g/mol. The number of amides is 1. The summed E-state index contributed by atoms with van der Waals surface area (Å²) in [6.07, 6.45) is -0.480. The molecule has 0 heterocycles. The first-order valence-electron chi connectivity index (χ1n) is 5.46. The molecule has 92 valence electrons. The summed E-state index contributed by atoms with van der Waals surface area (Å²) in [7, 11) is 1.64. The van der Waals surface area contributed by atoms with Gasteiger partial charge in [0.1, 0.15) is 11.5 Å². The number of anilines is 1. The maximum absolute atomic E-state index is 11.8. The number of hydrogen-bond acceptors (Lipinski definition) is 3. The van der Waals surface area contributed by atoms with E-state index in [1.54, 1.807) is 7.05 Å². The van der Waals surface area contributed by atoms with Gasteiger partial charge in [0.15, 0.2) is 0 Å². The van der Waals surface area contributed by atoms with Gasteiger partial charge in [-0.1, -0.05) is 18.2 Å². The SMILES string of the molecule is CN(C(=O)Oc1ccc(O)cc1)c1ccccc1. The summed E-state index contributed by atoms with van der Waals surface area (Å²) in [5, 5.41) is 9.13. The fourth-order valence-corrected chi connectivity index (χ4v) is 1.44. The zero-order valence-electron chi connectivity index (χ0n) is 9.91. The first kappa shape index (κ1) is 12.0. The molecule has 1 amide bonds. The Morgan fingerprint density at radius 2 is 1.67 bits per heavy atom. The van der Waals surface area contributed by atoms with Crippen molar-refractivity contribution in [2.45, 2.75) is 0 Å². The molecular formula is C14H13NO3. The van der Waals surface area contributed by atoms with Crippen LogP contribution in [0.15, 0.2) is 54.6 Å². The highest BCUT2D eigenvalue weighted by atomic mass is 16.6. The van der Waals surface area contributed by atoms with E-state index in [0.29, 0.717) is 5.75 Å². The van der Waals surface area contributed by atoms with Crippen LogP contribution in [-0.4, -0.2) is 18.2 Å². The molecule has 0 aliphatic rings. The molecule has 18 heavy (non-hydrogen) atoms. The van der Waals surface area contributed by atoms with Gasteiger partial charge in [-0.25, -0.2) is 4.79 Å². The van der Waals surface area contributed by atoms with E-state index >= 15 is 0 Å². The smallest absolute Gasteiger partial charge is 0.419 e. The van der Waals surface area contributed by atoms with Crippen LogP contribution in [0.25, 0.3) is 0 Å². The van der Waals surface area contributed by atoms with Crippen molar-refractivity contribution in [3.63, 3.8) is 0 Å². The van der Waals surface area contributed by atoms with E-state index in [0.717, 1.165) is 5.69 Å². The average Bonchev–Trinajstić information content (AvgIpc) is 2.41. The molecule has 1 N–H and O–H groups in total. The van der Waals surface area contributed by atoms with Crippen LogP contribution in [0, 0.1) is 0 Å². The topological polar surface area (TPSA) is 49.8 Å². The van der Waals surface area contributed by atoms with Gasteiger partial charge in [0.2, 0.25) is 0 Å². The van der Waals surface area contributed by atoms with E-state index in [1.165, 1.54) is 29.2 Å². The summed E-state index contributed by atoms with van der Waals surface area (Å²) in [5.41, 5.74) is 0.751. The van der Waals surface area contributed by atoms with Crippen molar-refractivity contribution in [2.24, 2.45) is 0 Å². The maximum Gasteiger partial charge on any atom is 0.419 e. The number of aromatic hydroxyl groups is 1. The number of nitrogens with zero attached hydrogens (tertiary/aromatic N) is 1. The number of carbonyl (C=O) groups excluding carboxylic acids is 1. The average molecular weight is 243 g/mol. The normalized spacial score (nSPS) is 9.83. The molecule has 4 nitrogen and oxygen atoms in total. The lowest BCUT2D eigenvalue weighted by molar-refractivity contribution is 0.209. The minimum atomic E-state index is -0.480. The summed E-state index contributed by atoms with van der Waals surface area (Å²) in [5.74, 6) is 0.520. The molecule has 2 aromatic rings. The molecule has 0 aliphatic heterocycles. The number of carbonyl (C=O) groups is 1. The van der Waals surface area contributed by atoms with Gasteiger partial charge in [0.25, 0.3) is 0 Å². The molecule has 4 heteroatoms. The van der Waals surface area contributed by atoms with E-state index in [9.17, 15) is 4.79 Å². The monoisotopic (exact) mass is 243 g/mol. The van der Waals surface area contributed by atoms with Crippen molar-refractivity contribution < 1.29 is 14.6 Å². The largest absolute Gasteiger partial charge is 0.508 e. The third kappa shape index (κ3) is 2.79. The standard InChI is InChI=1S/C14H13NO3/c1-15(11-5-3-2-4-6-11)14(17)18-13-9-7-12(16)8-10-13/h2-10,16H,1H3. The van der Waals surface area contributed by atoms with Crippen LogP contribution in [0.2, 0.25) is 0 Å². The Labute approximate surface area is 105 Å². The van der Waals surface area contributed by atoms with Gasteiger partial charge in [-0.2, -0.15) is 0 Å². The molecule has 0 aliphatic carbocycles. The second-order valence-electron chi connectivity index (χ2n) is 3.76. The molecule has 2 rings (SSSR count). The van der Waals surface area contributed by atoms with Crippen molar-refractivity contribution in [3.8, 4) is 11.5 Å². The van der Waals surface area contributed by atoms with Gasteiger partial charge < -0.3 is 9.84 Å². The fraction of sp³-hybridized carbons (Fsp3) is 0.0714. The van der Waals surface area contributed by atoms with Gasteiger partial charge in [-0.15, -0.1) is 0 Å². The number of benzene rings is 2. The second-order valence-corrected chi connectivity index (χ2v) is 3.76. The fourth-order valence-electron chi connectivity index (χ4n) is 1.44. The Kier molecular flexibility index (Phi) is 3.48. The van der Waals surface area contributed by atoms with Gasteiger partial charge >= 0.3 is 6.09 Å². The summed E-state index contributed by atoms with van der Waals surface area (Å²) in [6.45, 7) is 0. The molecule has 0 atom stereocenters. The molecule has 0 unspecified atom stereocenters. The zero-order valence-corrected chi connectivity index (χ0v) is 9.91. The zero-order chi connectivity index (χ0) is 13.0. The van der Waals surface area contributed by atoms with E-state index in [1.807, 2.05) is 30.3 Å². The summed E-state index contributed by atoms with van der Waals surface area (Å²) in [6, 6.07) is 15.2. The minimum absolute atomic E-state index is 0.131. The first-order chi connectivity index (χ1) is 8.66. The molecule has 0 saturated heterocycles. The number of para-hydroxylation sites is 1. The molecule has 2 aromatic carbocycles. The highest BCUT2D eigenvalue weighted by Gasteiger charge is 2.12. The van der Waals surface area contributed by atoms with Gasteiger partial charge in [-0.3, -0.25) is 4.90 Å². The lowest BCUT2D eigenvalue weighted by Gasteiger charge is -2.16. The predicted molar refractivity (Wildman–Crippen MR) is 69.0 cm³/mol. The lowest BCUT2D eigenvalue weighted by Crippen LogP contribution is -2.29. The van der Waals surface area contributed by atoms with Crippen molar-refractivity contribution in [1.82, 2.24) is 0 Å². The Hall–Kier alpha value is -2.49. The van der Waals surface area contributed by atoms with Crippen molar-refractivity contribution in [1.29, 1.82) is 0 Å². The van der Waals surface area contributed by atoms with E-state index in [-0.39, 0.29) is 5.75 Å². The van der Waals surface area contributed by atoms with Crippen molar-refractivity contribution >= 4 is 11.8 Å². The molecule has 0 saturated carbocycles. The van der Waals surface area contributed by atoms with Crippen LogP contribution in [0.1, 0.15) is 0 Å². The van der Waals surface area contributed by atoms with Crippen LogP contribution < -0.4 is 9.64 Å². The number of hydrogen-bond donors (Lipinski definition) is 1. The van der Waals surface area contributed by atoms with Crippen LogP contribution in [0.3, 0.4) is 0 Å². The molecule has 0 spiro atoms. The Morgan fingerprint density at radius 3 is 2.28 bits per heavy atom. The Bertz CT molecular complexity index is 522. The van der Waals surface area contributed by atoms with Crippen LogP contribution >= 0.6 is 0 Å². The number of ether oxygens (including phenoxy) is 1. The highest BCUT2D eigenvalue weighted by molar-refractivity contribution is 5.88. The second kappa shape index (κ2) is 5.23. The molecule has 0 aromatic heterocycles. The van der Waals surface area contributed by atoms with E-state index < -0.39 is 6.09 Å². The third-order valence-corrected chi connectivity index (χ3v) is 2.46. The minimum Gasteiger partial charge on any atom is -0.508 e. The Morgan fingerprint density at radius 1 is 1.06 bits per heavy atom. The number of phenols is 1. The summed E-state index contributed by atoms with van der Waals surface area (Å²) >= 11 is 0. The van der Waals surface area contributed by atoms with Crippen LogP contribution in [-0.2, 0) is 0 Å². The van der Waals surface area contributed by atoms with E-state index in [4.69, 9.17) is 9.84 Å². The van der Waals surface area contributed by atoms with Crippen molar-refractivity contribution in [3.05, 3.63) is 54.6 Å². The first-order valence-corrected chi connectivity index (χ1v) is 5.46. The Balaban J connectivity index is 2.06. The van der Waals surface area contributed by atoms with Gasteiger partial charge in [-0.05, 0) is 36.4 Å². The molecule has 0 fully saturated rings. The lowest BCUT2D eigenvalue weighted by atomic mass is 10.3. The van der Waals surface area contributed by atoms with Crippen LogP contribution in [0.4, 0.5) is 10.5 Å². The molecule has 0 radical (unpaired) electrons. The van der Waals surface area contributed by atoms with Gasteiger partial charge in [0, 0.05) is 12.7 Å².